The highest BCUT2D eigenvalue weighted by atomic mass is 32.2. The summed E-state index contributed by atoms with van der Waals surface area (Å²) in [5.41, 5.74) is 1.58. The van der Waals surface area contributed by atoms with Crippen LogP contribution in [0.15, 0.2) is 52.5 Å². The molecule has 3 rings (SSSR count). The van der Waals surface area contributed by atoms with E-state index in [4.69, 9.17) is 5.14 Å². The minimum atomic E-state index is -3.74. The lowest BCUT2D eigenvalue weighted by Gasteiger charge is -2.22. The molecule has 24 heavy (non-hydrogen) atoms. The van der Waals surface area contributed by atoms with Gasteiger partial charge in [-0.2, -0.15) is 0 Å². The molecule has 0 bridgehead atoms. The molecule has 2 heterocycles. The van der Waals surface area contributed by atoms with E-state index in [-0.39, 0.29) is 22.6 Å². The van der Waals surface area contributed by atoms with Gasteiger partial charge >= 0.3 is 0 Å². The number of amides is 1. The van der Waals surface area contributed by atoms with Crippen molar-refractivity contribution in [2.45, 2.75) is 29.3 Å². The van der Waals surface area contributed by atoms with Gasteiger partial charge in [-0.3, -0.25) is 4.79 Å². The topological polar surface area (TPSA) is 93.4 Å². The third kappa shape index (κ3) is 3.45. The summed E-state index contributed by atoms with van der Waals surface area (Å²) < 4.78 is 23.0. The Morgan fingerprint density at radius 3 is 2.83 bits per heavy atom. The maximum absolute atomic E-state index is 12.6. The van der Waals surface area contributed by atoms with E-state index in [9.17, 15) is 13.2 Å². The second-order valence-corrected chi connectivity index (χ2v) is 8.17. The molecule has 6 nitrogen and oxygen atoms in total. The number of rotatable bonds is 4. The molecule has 2 N–H and O–H groups in total. The molecule has 0 spiro atoms. The van der Waals surface area contributed by atoms with Crippen LogP contribution in [0.4, 0.5) is 5.69 Å². The van der Waals surface area contributed by atoms with Crippen molar-refractivity contribution >= 4 is 33.4 Å². The molecule has 1 amide bonds. The van der Waals surface area contributed by atoms with E-state index in [1.165, 1.54) is 17.8 Å². The normalized spacial score (nSPS) is 16.9. The molecule has 1 unspecified atom stereocenters. The van der Waals surface area contributed by atoms with E-state index in [0.29, 0.717) is 6.42 Å². The van der Waals surface area contributed by atoms with Crippen LogP contribution in [-0.4, -0.2) is 31.1 Å². The number of benzene rings is 1. The Bertz CT molecular complexity index is 869. The third-order valence-electron chi connectivity index (χ3n) is 3.85. The second-order valence-electron chi connectivity index (χ2n) is 5.61. The minimum absolute atomic E-state index is 0.0208. The van der Waals surface area contributed by atoms with E-state index in [1.54, 1.807) is 23.2 Å². The van der Waals surface area contributed by atoms with Crippen molar-refractivity contribution in [2.75, 3.05) is 10.7 Å². The molecule has 0 radical (unpaired) electrons. The van der Waals surface area contributed by atoms with Crippen LogP contribution in [0.2, 0.25) is 0 Å². The highest BCUT2D eigenvalue weighted by Crippen LogP contribution is 2.34. The van der Waals surface area contributed by atoms with Crippen LogP contribution in [0.25, 0.3) is 0 Å². The number of nitrogens with two attached hydrogens (primary N) is 1. The van der Waals surface area contributed by atoms with Crippen LogP contribution in [0, 0.1) is 0 Å². The Labute approximate surface area is 145 Å². The predicted octanol–water partition coefficient (Wildman–Crippen LogP) is 1.80. The van der Waals surface area contributed by atoms with E-state index < -0.39 is 10.0 Å². The number of aromatic nitrogens is 1. The van der Waals surface area contributed by atoms with E-state index in [0.717, 1.165) is 16.3 Å². The summed E-state index contributed by atoms with van der Waals surface area (Å²) in [6, 6.07) is 10.2. The van der Waals surface area contributed by atoms with Gasteiger partial charge in [0.1, 0.15) is 0 Å². The molecular weight excluding hydrogens is 346 g/mol. The number of carbonyl (C=O) groups is 1. The number of pyridine rings is 1. The summed E-state index contributed by atoms with van der Waals surface area (Å²) in [5.74, 6) is 0.248. The number of sulfonamides is 1. The maximum atomic E-state index is 12.6. The first-order chi connectivity index (χ1) is 11.4. The lowest BCUT2D eigenvalue weighted by molar-refractivity contribution is -0.116. The Morgan fingerprint density at radius 1 is 1.38 bits per heavy atom. The Hall–Kier alpha value is -1.90. The van der Waals surface area contributed by atoms with Crippen molar-refractivity contribution < 1.29 is 13.2 Å². The molecule has 0 saturated carbocycles. The predicted molar refractivity (Wildman–Crippen MR) is 93.4 cm³/mol. The zero-order valence-electron chi connectivity index (χ0n) is 13.0. The summed E-state index contributed by atoms with van der Waals surface area (Å²) in [6.07, 6.45) is 2.30. The summed E-state index contributed by atoms with van der Waals surface area (Å²) in [4.78, 5) is 18.6. The van der Waals surface area contributed by atoms with Crippen molar-refractivity contribution in [1.29, 1.82) is 0 Å². The summed E-state index contributed by atoms with van der Waals surface area (Å²) in [7, 11) is -3.74. The fourth-order valence-electron chi connectivity index (χ4n) is 2.80. The number of hydrogen-bond donors (Lipinski definition) is 1. The molecule has 1 aliphatic rings. The fraction of sp³-hybridized carbons (Fsp3) is 0.250. The fourth-order valence-corrected chi connectivity index (χ4v) is 4.09. The lowest BCUT2D eigenvalue weighted by atomic mass is 10.1. The summed E-state index contributed by atoms with van der Waals surface area (Å²) in [6.45, 7) is 1.94. The molecule has 0 saturated heterocycles. The highest BCUT2D eigenvalue weighted by molar-refractivity contribution is 7.99. The van der Waals surface area contributed by atoms with Gasteiger partial charge in [0.2, 0.25) is 15.9 Å². The van der Waals surface area contributed by atoms with Gasteiger partial charge < -0.3 is 4.90 Å². The first-order valence-electron chi connectivity index (χ1n) is 7.38. The number of fused-ring (bicyclic) bond motifs is 1. The average Bonchev–Trinajstić information content (AvgIpc) is 2.87. The van der Waals surface area contributed by atoms with E-state index >= 15 is 0 Å². The molecule has 2 aromatic rings. The quantitative estimate of drug-likeness (QED) is 0.836. The Kier molecular flexibility index (Phi) is 4.62. The summed E-state index contributed by atoms with van der Waals surface area (Å²) >= 11 is 1.38. The highest BCUT2D eigenvalue weighted by Gasteiger charge is 2.31. The average molecular weight is 363 g/mol. The zero-order chi connectivity index (χ0) is 17.3. The number of primary sulfonamides is 1. The van der Waals surface area contributed by atoms with Crippen molar-refractivity contribution in [2.24, 2.45) is 5.14 Å². The largest absolute Gasteiger partial charge is 0.308 e. The van der Waals surface area contributed by atoms with Gasteiger partial charge in [0.05, 0.1) is 15.7 Å². The number of anilines is 1. The standard InChI is InChI=1S/C16H17N3O3S2/c1-11-8-12-9-13(24(17,21)22)5-6-14(12)19(11)16(20)10-23-15-4-2-3-7-18-15/h2-7,9,11H,8,10H2,1H3,(H2,17,21,22). The minimum Gasteiger partial charge on any atom is -0.308 e. The molecule has 1 atom stereocenters. The van der Waals surface area contributed by atoms with Gasteiger partial charge in [0.25, 0.3) is 0 Å². The molecule has 1 aromatic carbocycles. The van der Waals surface area contributed by atoms with Crippen LogP contribution >= 0.6 is 11.8 Å². The van der Waals surface area contributed by atoms with Crippen LogP contribution < -0.4 is 10.0 Å². The van der Waals surface area contributed by atoms with Crippen molar-refractivity contribution in [3.8, 4) is 0 Å². The maximum Gasteiger partial charge on any atom is 0.238 e. The SMILES string of the molecule is CC1Cc2cc(S(N)(=O)=O)ccc2N1C(=O)CSc1ccccn1. The van der Waals surface area contributed by atoms with Gasteiger partial charge in [0, 0.05) is 17.9 Å². The van der Waals surface area contributed by atoms with Gasteiger partial charge in [0.15, 0.2) is 0 Å². The Balaban J connectivity index is 1.79. The Morgan fingerprint density at radius 2 is 2.17 bits per heavy atom. The molecule has 126 valence electrons. The van der Waals surface area contributed by atoms with Gasteiger partial charge in [-0.05, 0) is 49.2 Å². The number of nitrogens with zero attached hydrogens (tertiary/aromatic N) is 2. The lowest BCUT2D eigenvalue weighted by Crippen LogP contribution is -2.37. The number of thioether (sulfide) groups is 1. The second kappa shape index (κ2) is 6.54. The van der Waals surface area contributed by atoms with Gasteiger partial charge in [-0.15, -0.1) is 0 Å². The molecule has 0 aliphatic carbocycles. The smallest absolute Gasteiger partial charge is 0.238 e. The van der Waals surface area contributed by atoms with E-state index in [1.807, 2.05) is 25.1 Å². The zero-order valence-corrected chi connectivity index (χ0v) is 14.7. The van der Waals surface area contributed by atoms with Crippen molar-refractivity contribution in [3.05, 3.63) is 48.2 Å². The van der Waals surface area contributed by atoms with Crippen LogP contribution in [-0.2, 0) is 21.2 Å². The van der Waals surface area contributed by atoms with Gasteiger partial charge in [-0.25, -0.2) is 18.5 Å². The first-order valence-corrected chi connectivity index (χ1v) is 9.91. The molecule has 1 aliphatic heterocycles. The number of hydrogen-bond acceptors (Lipinski definition) is 5. The van der Waals surface area contributed by atoms with Crippen molar-refractivity contribution in [3.63, 3.8) is 0 Å². The van der Waals surface area contributed by atoms with Crippen LogP contribution in [0.1, 0.15) is 12.5 Å². The monoisotopic (exact) mass is 363 g/mol. The molecule has 8 heteroatoms. The summed E-state index contributed by atoms with van der Waals surface area (Å²) in [5, 5.41) is 5.97. The van der Waals surface area contributed by atoms with Crippen LogP contribution in [0.3, 0.4) is 0 Å². The first kappa shape index (κ1) is 16.9. The third-order valence-corrected chi connectivity index (χ3v) is 5.68. The van der Waals surface area contributed by atoms with Crippen LogP contribution in [0.5, 0.6) is 0 Å². The molecule has 0 fully saturated rings. The van der Waals surface area contributed by atoms with Gasteiger partial charge in [-0.1, -0.05) is 17.8 Å². The molecule has 1 aromatic heterocycles. The molecular formula is C16H17N3O3S2. The van der Waals surface area contributed by atoms with Crippen molar-refractivity contribution in [1.82, 2.24) is 4.98 Å². The van der Waals surface area contributed by atoms with E-state index in [2.05, 4.69) is 4.98 Å². The number of carbonyl (C=O) groups excluding carboxylic acids is 1.